The predicted octanol–water partition coefficient (Wildman–Crippen LogP) is 3.11. The quantitative estimate of drug-likeness (QED) is 0.886. The molecule has 1 aromatic heterocycles. The van der Waals surface area contributed by atoms with Crippen LogP contribution in [0, 0.1) is 6.92 Å². The largest absolute Gasteiger partial charge is 0.496 e. The lowest BCUT2D eigenvalue weighted by Crippen LogP contribution is -2.24. The van der Waals surface area contributed by atoms with Crippen LogP contribution < -0.4 is 14.8 Å². The van der Waals surface area contributed by atoms with Crippen LogP contribution in [-0.4, -0.2) is 25.7 Å². The molecule has 0 saturated heterocycles. The van der Waals surface area contributed by atoms with E-state index in [0.717, 1.165) is 29.3 Å². The molecule has 0 amide bonds. The summed E-state index contributed by atoms with van der Waals surface area (Å²) in [5.41, 5.74) is 3.09. The molecule has 1 aromatic carbocycles. The van der Waals surface area contributed by atoms with Gasteiger partial charge >= 0.3 is 0 Å². The van der Waals surface area contributed by atoms with Crippen LogP contribution in [0.3, 0.4) is 0 Å². The highest BCUT2D eigenvalue weighted by Crippen LogP contribution is 2.33. The van der Waals surface area contributed by atoms with Crippen molar-refractivity contribution in [2.75, 3.05) is 20.8 Å². The molecule has 4 nitrogen and oxygen atoms in total. The second kappa shape index (κ2) is 7.09. The fraction of sp³-hybridized carbons (Fsp3) is 0.353. The van der Waals surface area contributed by atoms with Gasteiger partial charge in [-0.1, -0.05) is 19.1 Å². The van der Waals surface area contributed by atoms with Gasteiger partial charge in [0.1, 0.15) is 17.2 Å². The molecular formula is C17H22N2O2. The van der Waals surface area contributed by atoms with Crippen molar-refractivity contribution in [1.29, 1.82) is 0 Å². The molecule has 1 N–H and O–H groups in total. The Hall–Kier alpha value is -2.07. The van der Waals surface area contributed by atoms with Gasteiger partial charge in [0.05, 0.1) is 20.3 Å². The molecule has 0 spiro atoms. The summed E-state index contributed by atoms with van der Waals surface area (Å²) in [5.74, 6) is 1.62. The fourth-order valence-corrected chi connectivity index (χ4v) is 2.41. The summed E-state index contributed by atoms with van der Waals surface area (Å²) in [7, 11) is 3.35. The molecule has 4 heteroatoms. The molecule has 1 heterocycles. The fourth-order valence-electron chi connectivity index (χ4n) is 2.41. The van der Waals surface area contributed by atoms with Crippen LogP contribution in [0.5, 0.6) is 11.5 Å². The van der Waals surface area contributed by atoms with Gasteiger partial charge in [0.25, 0.3) is 0 Å². The van der Waals surface area contributed by atoms with E-state index in [0.29, 0.717) is 0 Å². The van der Waals surface area contributed by atoms with Crippen molar-refractivity contribution in [3.05, 3.63) is 53.3 Å². The Morgan fingerprint density at radius 3 is 2.57 bits per heavy atom. The van der Waals surface area contributed by atoms with Gasteiger partial charge < -0.3 is 14.8 Å². The molecule has 0 aliphatic rings. The minimum Gasteiger partial charge on any atom is -0.496 e. The van der Waals surface area contributed by atoms with Crippen LogP contribution in [0.25, 0.3) is 0 Å². The number of nitrogens with one attached hydrogen (secondary N) is 1. The minimum absolute atomic E-state index is 0.0679. The first-order valence-electron chi connectivity index (χ1n) is 7.08. The summed E-state index contributed by atoms with van der Waals surface area (Å²) in [5, 5.41) is 3.46. The van der Waals surface area contributed by atoms with Crippen LogP contribution in [-0.2, 0) is 0 Å². The van der Waals surface area contributed by atoms with Crippen molar-refractivity contribution >= 4 is 0 Å². The van der Waals surface area contributed by atoms with Crippen molar-refractivity contribution in [1.82, 2.24) is 10.3 Å². The summed E-state index contributed by atoms with van der Waals surface area (Å²) in [4.78, 5) is 4.50. The van der Waals surface area contributed by atoms with Crippen LogP contribution in [0.1, 0.15) is 29.8 Å². The van der Waals surface area contributed by atoms with E-state index in [1.54, 1.807) is 20.4 Å². The number of hydrogen-bond acceptors (Lipinski definition) is 4. The van der Waals surface area contributed by atoms with Gasteiger partial charge in [-0.2, -0.15) is 0 Å². The zero-order valence-electron chi connectivity index (χ0n) is 13.0. The maximum atomic E-state index is 5.54. The summed E-state index contributed by atoms with van der Waals surface area (Å²) in [6, 6.07) is 9.93. The zero-order valence-corrected chi connectivity index (χ0v) is 13.0. The number of hydrogen-bond donors (Lipinski definition) is 1. The first kappa shape index (κ1) is 15.3. The maximum absolute atomic E-state index is 5.54. The number of methoxy groups -OCH3 is 2. The van der Waals surface area contributed by atoms with Crippen LogP contribution in [0.2, 0.25) is 0 Å². The van der Waals surface area contributed by atoms with E-state index in [2.05, 4.69) is 36.3 Å². The SMILES string of the molecule is CCNC(c1ccc(C)cc1OC)c1ncccc1OC. The highest BCUT2D eigenvalue weighted by Gasteiger charge is 2.22. The molecule has 0 radical (unpaired) electrons. The molecule has 0 bridgehead atoms. The van der Waals surface area contributed by atoms with E-state index >= 15 is 0 Å². The van der Waals surface area contributed by atoms with Gasteiger partial charge in [-0.25, -0.2) is 0 Å². The van der Waals surface area contributed by atoms with E-state index < -0.39 is 0 Å². The Morgan fingerprint density at radius 1 is 1.14 bits per heavy atom. The number of aromatic nitrogens is 1. The molecule has 21 heavy (non-hydrogen) atoms. The Balaban J connectivity index is 2.53. The lowest BCUT2D eigenvalue weighted by Gasteiger charge is -2.22. The van der Waals surface area contributed by atoms with Crippen molar-refractivity contribution in [2.45, 2.75) is 19.9 Å². The molecule has 0 aliphatic heterocycles. The van der Waals surface area contributed by atoms with E-state index in [1.165, 1.54) is 5.56 Å². The highest BCUT2D eigenvalue weighted by molar-refractivity contribution is 5.45. The third-order valence-corrected chi connectivity index (χ3v) is 3.40. The number of benzene rings is 1. The summed E-state index contributed by atoms with van der Waals surface area (Å²) in [6.07, 6.45) is 1.78. The monoisotopic (exact) mass is 286 g/mol. The molecule has 2 aromatic rings. The van der Waals surface area contributed by atoms with Gasteiger partial charge in [-0.3, -0.25) is 4.98 Å². The average molecular weight is 286 g/mol. The standard InChI is InChI=1S/C17H22N2O2/c1-5-18-16(17-14(20-3)7-6-10-19-17)13-9-8-12(2)11-15(13)21-4/h6-11,16,18H,5H2,1-4H3. The van der Waals surface area contributed by atoms with Gasteiger partial charge in [-0.15, -0.1) is 0 Å². The van der Waals surface area contributed by atoms with E-state index in [-0.39, 0.29) is 6.04 Å². The molecule has 2 rings (SSSR count). The lowest BCUT2D eigenvalue weighted by atomic mass is 9.99. The third-order valence-electron chi connectivity index (χ3n) is 3.40. The molecule has 1 atom stereocenters. The second-order valence-electron chi connectivity index (χ2n) is 4.83. The Labute approximate surface area is 126 Å². The molecule has 112 valence electrons. The maximum Gasteiger partial charge on any atom is 0.142 e. The third kappa shape index (κ3) is 3.34. The van der Waals surface area contributed by atoms with E-state index in [9.17, 15) is 0 Å². The Morgan fingerprint density at radius 2 is 1.90 bits per heavy atom. The molecule has 0 fully saturated rings. The van der Waals surface area contributed by atoms with Crippen LogP contribution in [0.4, 0.5) is 0 Å². The number of aryl methyl sites for hydroxylation is 1. The first-order valence-corrected chi connectivity index (χ1v) is 7.08. The van der Waals surface area contributed by atoms with Crippen molar-refractivity contribution in [3.63, 3.8) is 0 Å². The molecule has 0 aliphatic carbocycles. The highest BCUT2D eigenvalue weighted by atomic mass is 16.5. The predicted molar refractivity (Wildman–Crippen MR) is 84.0 cm³/mol. The topological polar surface area (TPSA) is 43.4 Å². The summed E-state index contributed by atoms with van der Waals surface area (Å²) >= 11 is 0. The van der Waals surface area contributed by atoms with Gasteiger partial charge in [0, 0.05) is 11.8 Å². The van der Waals surface area contributed by atoms with Gasteiger partial charge in [-0.05, 0) is 37.2 Å². The number of rotatable bonds is 6. The smallest absolute Gasteiger partial charge is 0.142 e. The normalized spacial score (nSPS) is 12.0. The summed E-state index contributed by atoms with van der Waals surface area (Å²) < 4.78 is 11.0. The molecule has 1 unspecified atom stereocenters. The van der Waals surface area contributed by atoms with Crippen LogP contribution in [0.15, 0.2) is 36.5 Å². The zero-order chi connectivity index (χ0) is 15.2. The number of nitrogens with zero attached hydrogens (tertiary/aromatic N) is 1. The van der Waals surface area contributed by atoms with E-state index in [1.807, 2.05) is 18.2 Å². The van der Waals surface area contributed by atoms with Gasteiger partial charge in [0.15, 0.2) is 0 Å². The number of pyridine rings is 1. The second-order valence-corrected chi connectivity index (χ2v) is 4.83. The minimum atomic E-state index is -0.0679. The average Bonchev–Trinajstić information content (AvgIpc) is 2.53. The van der Waals surface area contributed by atoms with Crippen molar-refractivity contribution in [3.8, 4) is 11.5 Å². The number of ether oxygens (including phenoxy) is 2. The first-order chi connectivity index (χ1) is 10.2. The van der Waals surface area contributed by atoms with E-state index in [4.69, 9.17) is 9.47 Å². The Kier molecular flexibility index (Phi) is 5.17. The molecule has 0 saturated carbocycles. The summed E-state index contributed by atoms with van der Waals surface area (Å²) in [6.45, 7) is 4.94. The van der Waals surface area contributed by atoms with Crippen LogP contribution >= 0.6 is 0 Å². The lowest BCUT2D eigenvalue weighted by molar-refractivity contribution is 0.390. The van der Waals surface area contributed by atoms with Crippen molar-refractivity contribution in [2.24, 2.45) is 0 Å². The van der Waals surface area contributed by atoms with Gasteiger partial charge in [0.2, 0.25) is 0 Å². The Bertz CT molecular complexity index is 599. The molecular weight excluding hydrogens is 264 g/mol. The van der Waals surface area contributed by atoms with Crippen molar-refractivity contribution < 1.29 is 9.47 Å².